The van der Waals surface area contributed by atoms with E-state index in [4.69, 9.17) is 9.84 Å². The zero-order valence-corrected chi connectivity index (χ0v) is 17.6. The van der Waals surface area contributed by atoms with Crippen molar-refractivity contribution in [3.05, 3.63) is 0 Å². The molecule has 0 aromatic carbocycles. The highest BCUT2D eigenvalue weighted by atomic mass is 16.5. The third-order valence-electron chi connectivity index (χ3n) is 5.00. The first-order chi connectivity index (χ1) is 12.9. The van der Waals surface area contributed by atoms with Gasteiger partial charge in [-0.2, -0.15) is 0 Å². The molecule has 3 N–H and O–H groups in total. The molecule has 8 heteroatoms. The van der Waals surface area contributed by atoms with Gasteiger partial charge in [-0.05, 0) is 13.8 Å². The Morgan fingerprint density at radius 1 is 0.704 bits per heavy atom. The molecular formula is C19H42N4O4. The highest BCUT2D eigenvalue weighted by molar-refractivity contribution is 4.74. The van der Waals surface area contributed by atoms with Gasteiger partial charge < -0.3 is 20.1 Å². The van der Waals surface area contributed by atoms with E-state index in [1.54, 1.807) is 7.11 Å². The standard InChI is InChI=1S/C10H22N2O2.C9H20N2O2/c1-9(13)7-11-3-5-12(6-4-11)8-10(2)14;1-13-9-7-11-4-2-10(3-5-11)6-8-12/h9-10,13-14H,3-8H2,1-2H3;12H,2-9H2,1H3. The van der Waals surface area contributed by atoms with Crippen LogP contribution in [0.3, 0.4) is 0 Å². The smallest absolute Gasteiger partial charge is 0.0639 e. The number of β-amino-alcohol motifs (C(OH)–C–C–N with tert-alkyl or cyclic N) is 3. The van der Waals surface area contributed by atoms with Gasteiger partial charge in [0, 0.05) is 85.6 Å². The molecule has 2 atom stereocenters. The molecule has 0 aromatic heterocycles. The van der Waals surface area contributed by atoms with Gasteiger partial charge in [0.15, 0.2) is 0 Å². The quantitative estimate of drug-likeness (QED) is 0.444. The summed E-state index contributed by atoms with van der Waals surface area (Å²) in [5.41, 5.74) is 0. The minimum Gasteiger partial charge on any atom is -0.395 e. The van der Waals surface area contributed by atoms with Gasteiger partial charge in [-0.15, -0.1) is 0 Å². The van der Waals surface area contributed by atoms with Gasteiger partial charge in [0.25, 0.3) is 0 Å². The largest absolute Gasteiger partial charge is 0.395 e. The molecule has 2 saturated heterocycles. The van der Waals surface area contributed by atoms with Crippen LogP contribution >= 0.6 is 0 Å². The number of ether oxygens (including phenoxy) is 1. The highest BCUT2D eigenvalue weighted by Crippen LogP contribution is 2.03. The van der Waals surface area contributed by atoms with E-state index < -0.39 is 0 Å². The minimum absolute atomic E-state index is 0.238. The van der Waals surface area contributed by atoms with Crippen LogP contribution in [0.5, 0.6) is 0 Å². The van der Waals surface area contributed by atoms with Crippen LogP contribution in [0.15, 0.2) is 0 Å². The lowest BCUT2D eigenvalue weighted by molar-refractivity contribution is 0.0576. The van der Waals surface area contributed by atoms with E-state index >= 15 is 0 Å². The highest BCUT2D eigenvalue weighted by Gasteiger charge is 2.18. The van der Waals surface area contributed by atoms with Gasteiger partial charge in [0.1, 0.15) is 0 Å². The van der Waals surface area contributed by atoms with Crippen LogP contribution in [0.4, 0.5) is 0 Å². The number of hydrogen-bond donors (Lipinski definition) is 3. The summed E-state index contributed by atoms with van der Waals surface area (Å²) in [6, 6.07) is 0. The Balaban J connectivity index is 0.000000271. The summed E-state index contributed by atoms with van der Waals surface area (Å²) < 4.78 is 5.02. The van der Waals surface area contributed by atoms with Crippen LogP contribution in [0.1, 0.15) is 13.8 Å². The molecule has 0 aromatic rings. The van der Waals surface area contributed by atoms with Gasteiger partial charge in [-0.25, -0.2) is 0 Å². The number of aliphatic hydroxyl groups is 3. The molecule has 162 valence electrons. The number of piperazine rings is 2. The Morgan fingerprint density at radius 3 is 1.41 bits per heavy atom. The average Bonchev–Trinajstić information content (AvgIpc) is 2.63. The molecule has 0 bridgehead atoms. The fourth-order valence-corrected chi connectivity index (χ4v) is 3.50. The molecule has 0 saturated carbocycles. The third-order valence-corrected chi connectivity index (χ3v) is 5.00. The summed E-state index contributed by atoms with van der Waals surface area (Å²) in [7, 11) is 1.74. The minimum atomic E-state index is -0.238. The summed E-state index contributed by atoms with van der Waals surface area (Å²) in [4.78, 5) is 9.23. The Labute approximate surface area is 165 Å². The molecular weight excluding hydrogens is 348 g/mol. The molecule has 2 rings (SSSR count). The molecule has 2 fully saturated rings. The van der Waals surface area contributed by atoms with E-state index in [1.807, 2.05) is 13.8 Å². The van der Waals surface area contributed by atoms with Gasteiger partial charge in [0.05, 0.1) is 25.4 Å². The second kappa shape index (κ2) is 14.6. The van der Waals surface area contributed by atoms with Crippen molar-refractivity contribution in [2.24, 2.45) is 0 Å². The Kier molecular flexibility index (Phi) is 13.4. The van der Waals surface area contributed by atoms with Crippen LogP contribution in [-0.2, 0) is 4.74 Å². The van der Waals surface area contributed by atoms with Crippen LogP contribution in [0.2, 0.25) is 0 Å². The topological polar surface area (TPSA) is 82.9 Å². The fourth-order valence-electron chi connectivity index (χ4n) is 3.50. The van der Waals surface area contributed by atoms with Crippen LogP contribution < -0.4 is 0 Å². The van der Waals surface area contributed by atoms with Gasteiger partial charge in [0.2, 0.25) is 0 Å². The van der Waals surface area contributed by atoms with Crippen molar-refractivity contribution in [2.45, 2.75) is 26.1 Å². The molecule has 2 unspecified atom stereocenters. The molecule has 8 nitrogen and oxygen atoms in total. The molecule has 27 heavy (non-hydrogen) atoms. The summed E-state index contributed by atoms with van der Waals surface area (Å²) >= 11 is 0. The van der Waals surface area contributed by atoms with Crippen LogP contribution in [-0.4, -0.2) is 146 Å². The monoisotopic (exact) mass is 390 g/mol. The maximum absolute atomic E-state index is 9.22. The van der Waals surface area contributed by atoms with Crippen molar-refractivity contribution < 1.29 is 20.1 Å². The number of rotatable bonds is 9. The van der Waals surface area contributed by atoms with Crippen molar-refractivity contribution in [3.63, 3.8) is 0 Å². The van der Waals surface area contributed by atoms with Crippen molar-refractivity contribution in [3.8, 4) is 0 Å². The SMILES string of the molecule is CC(O)CN1CCN(CC(C)O)CC1.COCCN1CCN(CCO)CC1. The van der Waals surface area contributed by atoms with E-state index in [-0.39, 0.29) is 18.8 Å². The zero-order chi connectivity index (χ0) is 20.1. The molecule has 2 aliphatic heterocycles. The van der Waals surface area contributed by atoms with E-state index in [0.717, 1.165) is 85.1 Å². The maximum atomic E-state index is 9.22. The van der Waals surface area contributed by atoms with Crippen LogP contribution in [0.25, 0.3) is 0 Å². The van der Waals surface area contributed by atoms with Crippen LogP contribution in [0, 0.1) is 0 Å². The van der Waals surface area contributed by atoms with Crippen molar-refractivity contribution in [2.75, 3.05) is 98.9 Å². The molecule has 2 heterocycles. The molecule has 0 spiro atoms. The molecule has 0 amide bonds. The predicted molar refractivity (Wildman–Crippen MR) is 108 cm³/mol. The average molecular weight is 391 g/mol. The number of methoxy groups -OCH3 is 1. The first-order valence-corrected chi connectivity index (χ1v) is 10.3. The second-order valence-electron chi connectivity index (χ2n) is 7.70. The van der Waals surface area contributed by atoms with E-state index in [9.17, 15) is 10.2 Å². The predicted octanol–water partition coefficient (Wildman–Crippen LogP) is -1.39. The summed E-state index contributed by atoms with van der Waals surface area (Å²) in [6.45, 7) is 16.5. The summed E-state index contributed by atoms with van der Waals surface area (Å²) in [5, 5.41) is 27.2. The van der Waals surface area contributed by atoms with Crippen molar-refractivity contribution in [1.82, 2.24) is 19.6 Å². The lowest BCUT2D eigenvalue weighted by Crippen LogP contribution is -2.49. The number of aliphatic hydroxyl groups excluding tert-OH is 3. The zero-order valence-electron chi connectivity index (χ0n) is 17.6. The molecule has 2 aliphatic rings. The van der Waals surface area contributed by atoms with E-state index in [1.165, 1.54) is 0 Å². The Morgan fingerprint density at radius 2 is 1.07 bits per heavy atom. The van der Waals surface area contributed by atoms with E-state index in [2.05, 4.69) is 19.6 Å². The van der Waals surface area contributed by atoms with Crippen molar-refractivity contribution >= 4 is 0 Å². The van der Waals surface area contributed by atoms with Gasteiger partial charge in [-0.3, -0.25) is 19.6 Å². The lowest BCUT2D eigenvalue weighted by Gasteiger charge is -2.35. The van der Waals surface area contributed by atoms with Gasteiger partial charge >= 0.3 is 0 Å². The Hall–Kier alpha value is -0.320. The number of hydrogen-bond acceptors (Lipinski definition) is 8. The first-order valence-electron chi connectivity index (χ1n) is 10.3. The van der Waals surface area contributed by atoms with Crippen molar-refractivity contribution in [1.29, 1.82) is 0 Å². The van der Waals surface area contributed by atoms with Gasteiger partial charge in [-0.1, -0.05) is 0 Å². The molecule has 0 aliphatic carbocycles. The lowest BCUT2D eigenvalue weighted by atomic mass is 10.2. The second-order valence-corrected chi connectivity index (χ2v) is 7.70. The normalized spacial score (nSPS) is 22.9. The fraction of sp³-hybridized carbons (Fsp3) is 1.00. The number of nitrogens with zero attached hydrogens (tertiary/aromatic N) is 4. The first kappa shape index (κ1) is 24.7. The maximum Gasteiger partial charge on any atom is 0.0639 e. The van der Waals surface area contributed by atoms with E-state index in [0.29, 0.717) is 0 Å². The summed E-state index contributed by atoms with van der Waals surface area (Å²) in [5.74, 6) is 0. The third kappa shape index (κ3) is 12.0. The summed E-state index contributed by atoms with van der Waals surface area (Å²) in [6.07, 6.45) is -0.475. The Bertz CT molecular complexity index is 327. The molecule has 0 radical (unpaired) electrons.